The fourth-order valence-electron chi connectivity index (χ4n) is 37.7. The number of para-hydroxylation sites is 1. The van der Waals surface area contributed by atoms with E-state index in [1.807, 2.05) is 99.7 Å². The summed E-state index contributed by atoms with van der Waals surface area (Å²) < 4.78 is 33.8. The molecule has 0 bridgehead atoms. The molecule has 0 unspecified atom stereocenters. The molecular formula is C116H160F2N10O8. The van der Waals surface area contributed by atoms with E-state index in [-0.39, 0.29) is 81.6 Å². The van der Waals surface area contributed by atoms with Gasteiger partial charge in [-0.05, 0) is 452 Å². The lowest BCUT2D eigenvalue weighted by Gasteiger charge is -2.61. The zero-order valence-electron chi connectivity index (χ0n) is 84.6. The van der Waals surface area contributed by atoms with Gasteiger partial charge < -0.3 is 20.4 Å². The van der Waals surface area contributed by atoms with Crippen LogP contribution in [0.25, 0.3) is 43.9 Å². The topological polar surface area (TPSA) is 246 Å². The molecule has 32 atom stereocenters. The number of ketones is 4. The number of Topliss-reactive ketones (excluding diaryl/α,β-unsaturated/α-hetero) is 4. The van der Waals surface area contributed by atoms with Crippen molar-refractivity contribution in [2.24, 2.45) is 162 Å². The maximum absolute atomic E-state index is 14.7. The fourth-order valence-corrected chi connectivity index (χ4v) is 37.7. The van der Waals surface area contributed by atoms with Gasteiger partial charge in [0.1, 0.15) is 47.5 Å². The molecule has 0 saturated heterocycles. The van der Waals surface area contributed by atoms with E-state index in [0.29, 0.717) is 133 Å². The van der Waals surface area contributed by atoms with Gasteiger partial charge in [-0.3, -0.25) is 28.5 Å². The van der Waals surface area contributed by atoms with Crippen molar-refractivity contribution in [3.8, 4) is 0 Å². The maximum atomic E-state index is 14.7. The Balaban J connectivity index is 0.000000108. The average molecular weight is 1860 g/mol. The largest absolute Gasteiger partial charge is 0.390 e. The summed E-state index contributed by atoms with van der Waals surface area (Å²) in [7, 11) is 0. The molecule has 0 spiro atoms. The van der Waals surface area contributed by atoms with Gasteiger partial charge in [-0.1, -0.05) is 97.0 Å². The van der Waals surface area contributed by atoms with Crippen molar-refractivity contribution in [2.45, 2.75) is 377 Å². The third-order valence-electron chi connectivity index (χ3n) is 45.0. The highest BCUT2D eigenvalue weighted by atomic mass is 19.1. The third kappa shape index (κ3) is 16.2. The average Bonchev–Trinajstić information content (AvgIpc) is 1.46. The van der Waals surface area contributed by atoms with E-state index in [4.69, 9.17) is 0 Å². The minimum Gasteiger partial charge on any atom is -0.390 e. The lowest BCUT2D eigenvalue weighted by molar-refractivity contribution is -0.151. The number of carbonyl (C=O) groups is 4. The summed E-state index contributed by atoms with van der Waals surface area (Å²) in [5.41, 5.74) is 5.47. The van der Waals surface area contributed by atoms with E-state index < -0.39 is 22.4 Å². The Bertz CT molecular complexity index is 5850. The van der Waals surface area contributed by atoms with Crippen LogP contribution < -0.4 is 0 Å². The number of aromatic nitrogens is 10. The van der Waals surface area contributed by atoms with E-state index in [1.165, 1.54) is 143 Å². The predicted octanol–water partition coefficient (Wildman–Crippen LogP) is 23.7. The van der Waals surface area contributed by atoms with Crippen LogP contribution in [0.2, 0.25) is 0 Å². The number of nitrogens with zero attached hydrogens (tertiary/aromatic N) is 10. The third-order valence-corrected chi connectivity index (χ3v) is 45.0. The minimum atomic E-state index is -0.505. The van der Waals surface area contributed by atoms with Crippen LogP contribution in [-0.4, -0.2) is 116 Å². The number of carbonyl (C=O) groups excluding carboxylic acids is 4. The number of fused-ring (bicyclic) bond motifs is 24. The molecule has 16 aliphatic rings. The molecule has 18 nitrogen and oxygen atoms in total. The Kier molecular flexibility index (Phi) is 24.1. The summed E-state index contributed by atoms with van der Waals surface area (Å²) in [4.78, 5) is 56.0. The number of aliphatic hydroxyl groups is 4. The number of halogens is 2. The summed E-state index contributed by atoms with van der Waals surface area (Å²) in [5, 5.41) is 71.6. The second-order valence-corrected chi connectivity index (χ2v) is 52.4. The molecule has 4 N–H and O–H groups in total. The van der Waals surface area contributed by atoms with E-state index in [0.717, 1.165) is 178 Å². The molecule has 16 aliphatic carbocycles. The van der Waals surface area contributed by atoms with Crippen molar-refractivity contribution < 1.29 is 48.4 Å². The summed E-state index contributed by atoms with van der Waals surface area (Å²) in [6.07, 6.45) is 44.4. The van der Waals surface area contributed by atoms with Crippen molar-refractivity contribution in [3.63, 3.8) is 0 Å². The highest BCUT2D eigenvalue weighted by Gasteiger charge is 2.68. The molecule has 4 aromatic carbocycles. The van der Waals surface area contributed by atoms with Crippen LogP contribution in [0.3, 0.4) is 0 Å². The Morgan fingerprint density at radius 1 is 0.368 bits per heavy atom. The second-order valence-electron chi connectivity index (χ2n) is 52.4. The Morgan fingerprint density at radius 3 is 1.18 bits per heavy atom. The fraction of sp³-hybridized carbons (Fsp3) is 0.741. The number of benzene rings is 4. The van der Waals surface area contributed by atoms with E-state index >= 15 is 0 Å². The van der Waals surface area contributed by atoms with E-state index in [2.05, 4.69) is 104 Å². The smallest absolute Gasteiger partial charge is 0.159 e. The Hall–Kier alpha value is -7.00. The molecule has 20 heteroatoms. The van der Waals surface area contributed by atoms with Gasteiger partial charge in [0.15, 0.2) is 29.0 Å². The van der Waals surface area contributed by atoms with Gasteiger partial charge in [0.05, 0.1) is 46.2 Å². The summed E-state index contributed by atoms with van der Waals surface area (Å²) in [6.45, 7) is 32.7. The van der Waals surface area contributed by atoms with Crippen molar-refractivity contribution in [1.29, 1.82) is 0 Å². The van der Waals surface area contributed by atoms with Crippen LogP contribution in [-0.2, 0) is 45.4 Å². The normalized spacial score (nSPS) is 43.9. The van der Waals surface area contributed by atoms with E-state index in [1.54, 1.807) is 0 Å². The molecule has 8 aromatic rings. The SMILES string of the molecule is C[C@@]1(O)CC[C@@]2(C)[C@H](CC[C@@H]3[C@@H]2CC[C@]2(C)[C@@H](C(=O)Cn4cc5ccccc5n4)CC[C@@H]32)C1.C[C@@]1(O)CC[C@@]2(C)[C@H](CC[C@@H]3[C@@H]2CC[C@]2(C)[C@@H](C(=O)Cn4ncc5ccccc54)CC[C@@H]32)C1.Cc1cc(F)c2c(c1)nnn2CC(=O)[C@H]1CC[C@H]2[C@@H]3CC[C@@H]4C[C@](C)(O)CC[C@]4(C)[C@H]3CC[C@]12C.Cc1cc(F)cc2nn(CC(=O)[C@H]3CC[C@H]4[C@@H]5CC[C@@H]6C[C@](C)(O)CC[C@]6(C)[C@H]5CC[C@]34C)nc12. The lowest BCUT2D eigenvalue weighted by atomic mass is 9.44. The summed E-state index contributed by atoms with van der Waals surface area (Å²) in [5.74, 6) is 12.0. The van der Waals surface area contributed by atoms with Crippen molar-refractivity contribution >= 4 is 67.0 Å². The number of hydrogen-bond donors (Lipinski definition) is 4. The van der Waals surface area contributed by atoms with Crippen molar-refractivity contribution in [2.75, 3.05) is 0 Å². The number of hydrogen-bond acceptors (Lipinski definition) is 14. The van der Waals surface area contributed by atoms with Gasteiger partial charge in [-0.25, -0.2) is 13.5 Å². The lowest BCUT2D eigenvalue weighted by Crippen LogP contribution is -2.55. The van der Waals surface area contributed by atoms with Gasteiger partial charge in [0, 0.05) is 46.7 Å². The molecule has 0 aliphatic heterocycles. The molecule has 136 heavy (non-hydrogen) atoms. The van der Waals surface area contributed by atoms with Crippen LogP contribution in [0.1, 0.15) is 325 Å². The highest BCUT2D eigenvalue weighted by molar-refractivity contribution is 5.87. The zero-order chi connectivity index (χ0) is 95.5. The number of rotatable bonds is 12. The Morgan fingerprint density at radius 2 is 0.750 bits per heavy atom. The van der Waals surface area contributed by atoms with Crippen LogP contribution in [0.4, 0.5) is 8.78 Å². The van der Waals surface area contributed by atoms with Crippen LogP contribution >= 0.6 is 0 Å². The maximum Gasteiger partial charge on any atom is 0.159 e. The van der Waals surface area contributed by atoms with Gasteiger partial charge >= 0.3 is 0 Å². The van der Waals surface area contributed by atoms with Gasteiger partial charge in [-0.2, -0.15) is 25.2 Å². The molecule has 16 saturated carbocycles. The molecule has 24 rings (SSSR count). The molecule has 0 amide bonds. The molecule has 4 aromatic heterocycles. The summed E-state index contributed by atoms with van der Waals surface area (Å²) in [6, 6.07) is 22.5. The van der Waals surface area contributed by atoms with Gasteiger partial charge in [0.25, 0.3) is 0 Å². The zero-order valence-corrected chi connectivity index (χ0v) is 84.6. The van der Waals surface area contributed by atoms with Crippen molar-refractivity contribution in [1.82, 2.24) is 49.5 Å². The first-order valence-electron chi connectivity index (χ1n) is 54.3. The van der Waals surface area contributed by atoms with Crippen LogP contribution in [0, 0.1) is 187 Å². The molecule has 16 fully saturated rings. The molecule has 736 valence electrons. The van der Waals surface area contributed by atoms with Crippen LogP contribution in [0.5, 0.6) is 0 Å². The monoisotopic (exact) mass is 1860 g/mol. The first-order valence-corrected chi connectivity index (χ1v) is 54.3. The second kappa shape index (κ2) is 34.4. The summed E-state index contributed by atoms with van der Waals surface area (Å²) >= 11 is 0. The van der Waals surface area contributed by atoms with E-state index in [9.17, 15) is 48.4 Å². The molecule has 4 heterocycles. The predicted molar refractivity (Wildman–Crippen MR) is 527 cm³/mol. The highest BCUT2D eigenvalue weighted by Crippen LogP contribution is 2.74. The Labute approximate surface area is 806 Å². The van der Waals surface area contributed by atoms with Gasteiger partial charge in [-0.15, -0.1) is 5.10 Å². The standard InChI is InChI=1S/2C29H40FN3O2.2C29H40N2O2/c1-17-13-19(30)14-24-26(17)32-33(31-24)16-25(34)23-8-7-21-20-6-5-18-15-27(2,35)11-12-28(18,3)22(20)9-10-29(21,23)4;1-17-13-23(30)26-24(14-17)31-32-33(26)16-25(34)22-8-7-20-19-6-5-18-15-27(2,35)11-12-28(18,3)21(19)9-10-29(20,22)4;1-27(33)14-15-28(2)20(16-27)8-9-21-22-10-11-24(29(22,3)13-12-23(21)28)26(32)18-31-17-19-6-4-5-7-25(19)30-31;1-27(33)14-15-28(2)20(16-27)8-9-21-22-10-11-24(29(22,3)13-12-23(21)28)26(32)18-31-25-7-5-4-6-19(25)17-30-31/h13-14,18,20-23,35H,5-12,15-16H2,1-4H3;13-14,18-22,35H,5-12,15-16H2,1-4H3;2*4-7,17,20-24,33H,8-16,18H2,1-3H3/t18-,20+,21+,22+,23-,27-,28+,29+;18-,19+,20+,21+,22-,27-,28+,29+;2*20-,21+,22+,23+,24-,27-,28+,29+/m1111/s1. The first kappa shape index (κ1) is 95.2. The quantitative estimate of drug-likeness (QED) is 0.0889. The first-order chi connectivity index (χ1) is 64.4. The molecular weight excluding hydrogens is 1700 g/mol. The van der Waals surface area contributed by atoms with Crippen molar-refractivity contribution in [3.05, 3.63) is 108 Å². The van der Waals surface area contributed by atoms with Gasteiger partial charge in [0.2, 0.25) is 0 Å². The minimum absolute atomic E-state index is 0.0128. The van der Waals surface area contributed by atoms with Crippen LogP contribution in [0.15, 0.2) is 85.2 Å². The number of aryl methyl sites for hydroxylation is 2. The molecule has 0 radical (unpaired) electrons.